The number of rotatable bonds is 10. The van der Waals surface area contributed by atoms with Crippen LogP contribution in [0.25, 0.3) is 0 Å². The Hall–Kier alpha value is -0.180. The highest BCUT2D eigenvalue weighted by Crippen LogP contribution is 2.02. The van der Waals surface area contributed by atoms with Crippen molar-refractivity contribution in [3.05, 3.63) is 0 Å². The summed E-state index contributed by atoms with van der Waals surface area (Å²) < 4.78 is 22.8. The van der Waals surface area contributed by atoms with Crippen molar-refractivity contribution in [2.45, 2.75) is 78.1 Å². The summed E-state index contributed by atoms with van der Waals surface area (Å²) in [5.41, 5.74) is 0. The average molecular weight is 254 g/mol. The SMILES string of the molecule is CCCCCCCF.CCCCCCCF.O. The van der Waals surface area contributed by atoms with Crippen molar-refractivity contribution in [3.63, 3.8) is 0 Å². The molecule has 1 nitrogen and oxygen atoms in total. The van der Waals surface area contributed by atoms with Crippen LogP contribution in [0.5, 0.6) is 0 Å². The fraction of sp³-hybridized carbons (Fsp3) is 1.00. The van der Waals surface area contributed by atoms with E-state index in [9.17, 15) is 8.78 Å². The number of hydrogen-bond acceptors (Lipinski definition) is 0. The van der Waals surface area contributed by atoms with Crippen molar-refractivity contribution in [1.82, 2.24) is 0 Å². The van der Waals surface area contributed by atoms with Crippen LogP contribution in [0.4, 0.5) is 8.78 Å². The molecule has 0 heterocycles. The van der Waals surface area contributed by atoms with Crippen LogP contribution in [0, 0.1) is 0 Å². The van der Waals surface area contributed by atoms with Gasteiger partial charge in [0.15, 0.2) is 0 Å². The summed E-state index contributed by atoms with van der Waals surface area (Å²) in [6.45, 7) is 4.05. The zero-order valence-corrected chi connectivity index (χ0v) is 11.7. The molecule has 0 aliphatic heterocycles. The number of unbranched alkanes of at least 4 members (excludes halogenated alkanes) is 8. The summed E-state index contributed by atoms with van der Waals surface area (Å²) >= 11 is 0. The van der Waals surface area contributed by atoms with E-state index >= 15 is 0 Å². The predicted octanol–water partition coefficient (Wildman–Crippen LogP) is 5.03. The second-order valence-corrected chi connectivity index (χ2v) is 4.21. The molecular formula is C14H32F2O. The second kappa shape index (κ2) is 24.9. The minimum Gasteiger partial charge on any atom is -0.412 e. The average Bonchev–Trinajstić information content (AvgIpc) is 2.31. The first kappa shape index (κ1) is 22.0. The van der Waals surface area contributed by atoms with Gasteiger partial charge in [0.25, 0.3) is 0 Å². The first-order chi connectivity index (χ1) is 7.83. The molecule has 0 radical (unpaired) electrons. The third-order valence-electron chi connectivity index (χ3n) is 2.47. The van der Waals surface area contributed by atoms with Crippen LogP contribution in [0.15, 0.2) is 0 Å². The summed E-state index contributed by atoms with van der Waals surface area (Å²) in [6.07, 6.45) is 11.1. The zero-order valence-electron chi connectivity index (χ0n) is 11.7. The van der Waals surface area contributed by atoms with Crippen molar-refractivity contribution >= 4 is 0 Å². The highest BCUT2D eigenvalue weighted by atomic mass is 19.1. The number of hydrogen-bond donors (Lipinski definition) is 0. The van der Waals surface area contributed by atoms with E-state index in [1.54, 1.807) is 0 Å². The van der Waals surface area contributed by atoms with Gasteiger partial charge in [0.05, 0.1) is 13.3 Å². The van der Waals surface area contributed by atoms with Crippen LogP contribution in [0.1, 0.15) is 78.1 Å². The van der Waals surface area contributed by atoms with Crippen molar-refractivity contribution in [3.8, 4) is 0 Å². The maximum atomic E-state index is 11.4. The molecule has 0 aliphatic rings. The fourth-order valence-electron chi connectivity index (χ4n) is 1.40. The van der Waals surface area contributed by atoms with Gasteiger partial charge in [0, 0.05) is 0 Å². The van der Waals surface area contributed by atoms with E-state index in [1.807, 2.05) is 0 Å². The molecular weight excluding hydrogens is 222 g/mol. The van der Waals surface area contributed by atoms with Crippen LogP contribution in [-0.2, 0) is 0 Å². The Morgan fingerprint density at radius 1 is 0.529 bits per heavy atom. The van der Waals surface area contributed by atoms with Crippen LogP contribution < -0.4 is 0 Å². The van der Waals surface area contributed by atoms with Gasteiger partial charge in [-0.25, -0.2) is 0 Å². The second-order valence-electron chi connectivity index (χ2n) is 4.21. The standard InChI is InChI=1S/2C7H15F.H2O/c2*1-2-3-4-5-6-7-8;/h2*2-7H2,1H3;1H2. The van der Waals surface area contributed by atoms with E-state index in [0.717, 1.165) is 25.7 Å². The fourth-order valence-corrected chi connectivity index (χ4v) is 1.40. The van der Waals surface area contributed by atoms with E-state index in [4.69, 9.17) is 0 Å². The lowest BCUT2D eigenvalue weighted by atomic mass is 10.2. The number of halogens is 2. The summed E-state index contributed by atoms with van der Waals surface area (Å²) in [6, 6.07) is 0. The first-order valence-electron chi connectivity index (χ1n) is 6.95. The van der Waals surface area contributed by atoms with Gasteiger partial charge in [0.1, 0.15) is 0 Å². The van der Waals surface area contributed by atoms with E-state index in [0.29, 0.717) is 0 Å². The Bertz CT molecular complexity index is 76.2. The molecule has 2 N–H and O–H groups in total. The molecule has 0 fully saturated rings. The zero-order chi connectivity index (χ0) is 12.5. The topological polar surface area (TPSA) is 31.5 Å². The highest BCUT2D eigenvalue weighted by Gasteiger charge is 1.85. The maximum absolute atomic E-state index is 11.4. The molecule has 0 aromatic carbocycles. The molecule has 0 unspecified atom stereocenters. The third-order valence-corrected chi connectivity index (χ3v) is 2.47. The first-order valence-corrected chi connectivity index (χ1v) is 6.95. The van der Waals surface area contributed by atoms with Gasteiger partial charge in [-0.15, -0.1) is 0 Å². The van der Waals surface area contributed by atoms with Crippen molar-refractivity contribution in [2.75, 3.05) is 13.3 Å². The van der Waals surface area contributed by atoms with Gasteiger partial charge < -0.3 is 5.48 Å². The predicted molar refractivity (Wildman–Crippen MR) is 73.1 cm³/mol. The Kier molecular flexibility index (Phi) is 32.2. The molecule has 0 spiro atoms. The Balaban J connectivity index is -0.000000218. The summed E-state index contributed by atoms with van der Waals surface area (Å²) in [5, 5.41) is 0. The summed E-state index contributed by atoms with van der Waals surface area (Å²) in [5.74, 6) is 0. The molecule has 0 saturated carbocycles. The van der Waals surface area contributed by atoms with E-state index in [2.05, 4.69) is 13.8 Å². The van der Waals surface area contributed by atoms with Gasteiger partial charge >= 0.3 is 0 Å². The van der Waals surface area contributed by atoms with Crippen molar-refractivity contribution in [1.29, 1.82) is 0 Å². The van der Waals surface area contributed by atoms with Gasteiger partial charge in [-0.05, 0) is 12.8 Å². The summed E-state index contributed by atoms with van der Waals surface area (Å²) in [7, 11) is 0. The molecule has 0 aliphatic carbocycles. The van der Waals surface area contributed by atoms with Gasteiger partial charge in [-0.1, -0.05) is 65.2 Å². The van der Waals surface area contributed by atoms with Crippen LogP contribution in [0.3, 0.4) is 0 Å². The minimum absolute atomic E-state index is 0. The molecule has 3 heteroatoms. The van der Waals surface area contributed by atoms with Crippen LogP contribution in [0.2, 0.25) is 0 Å². The van der Waals surface area contributed by atoms with Crippen LogP contribution in [-0.4, -0.2) is 18.8 Å². The van der Waals surface area contributed by atoms with E-state index in [1.165, 1.54) is 38.5 Å². The smallest absolute Gasteiger partial charge is 0.0894 e. The highest BCUT2D eigenvalue weighted by molar-refractivity contribution is 4.40. The molecule has 17 heavy (non-hydrogen) atoms. The maximum Gasteiger partial charge on any atom is 0.0894 e. The largest absolute Gasteiger partial charge is 0.412 e. The normalized spacial score (nSPS) is 9.18. The minimum atomic E-state index is -0.135. The summed E-state index contributed by atoms with van der Waals surface area (Å²) in [4.78, 5) is 0. The van der Waals surface area contributed by atoms with Gasteiger partial charge in [-0.2, -0.15) is 0 Å². The van der Waals surface area contributed by atoms with Gasteiger partial charge in [-0.3, -0.25) is 8.78 Å². The lowest BCUT2D eigenvalue weighted by molar-refractivity contribution is 0.452. The monoisotopic (exact) mass is 254 g/mol. The van der Waals surface area contributed by atoms with Crippen molar-refractivity contribution in [2.24, 2.45) is 0 Å². The van der Waals surface area contributed by atoms with E-state index < -0.39 is 0 Å². The molecule has 0 aromatic rings. The van der Waals surface area contributed by atoms with Crippen molar-refractivity contribution < 1.29 is 14.3 Å². The Labute approximate surface area is 106 Å². The molecule has 0 amide bonds. The third kappa shape index (κ3) is 31.3. The Morgan fingerprint density at radius 3 is 1.06 bits per heavy atom. The lowest BCUT2D eigenvalue weighted by Gasteiger charge is -1.92. The van der Waals surface area contributed by atoms with Crippen LogP contribution >= 0.6 is 0 Å². The lowest BCUT2D eigenvalue weighted by Crippen LogP contribution is -1.77. The molecule has 108 valence electrons. The number of alkyl halides is 2. The quantitative estimate of drug-likeness (QED) is 0.490. The Morgan fingerprint density at radius 2 is 0.824 bits per heavy atom. The molecule has 0 atom stereocenters. The molecule has 0 rings (SSSR count). The molecule has 0 saturated heterocycles. The molecule has 0 aromatic heterocycles. The van der Waals surface area contributed by atoms with E-state index in [-0.39, 0.29) is 18.8 Å². The van der Waals surface area contributed by atoms with Gasteiger partial charge in [0.2, 0.25) is 0 Å². The molecule has 0 bridgehead atoms.